The third-order valence-electron chi connectivity index (χ3n) is 2.78. The highest BCUT2D eigenvalue weighted by Crippen LogP contribution is 2.05. The van der Waals surface area contributed by atoms with E-state index in [2.05, 4.69) is 16.0 Å². The van der Waals surface area contributed by atoms with Gasteiger partial charge in [-0.3, -0.25) is 4.79 Å². The summed E-state index contributed by atoms with van der Waals surface area (Å²) in [7, 11) is 2.01. The lowest BCUT2D eigenvalue weighted by molar-refractivity contribution is -0.117. The fraction of sp³-hybridized carbons (Fsp3) is 0.462. The topological polar surface area (TPSA) is 34.0 Å². The van der Waals surface area contributed by atoms with Crippen molar-refractivity contribution in [3.8, 4) is 0 Å². The lowest BCUT2D eigenvalue weighted by Crippen LogP contribution is -2.24. The molecule has 1 aromatic rings. The zero-order chi connectivity index (χ0) is 12.1. The number of allylic oxidation sites excluding steroid dienone is 1. The van der Waals surface area contributed by atoms with Gasteiger partial charge in [-0.1, -0.05) is 13.0 Å². The largest absolute Gasteiger partial charge is 0.350 e. The van der Waals surface area contributed by atoms with Crippen molar-refractivity contribution in [2.75, 3.05) is 0 Å². The van der Waals surface area contributed by atoms with Gasteiger partial charge in [0.1, 0.15) is 0 Å². The Balaban J connectivity index is 2.56. The first kappa shape index (κ1) is 12.6. The number of aryl methyl sites for hydroxylation is 1. The third kappa shape index (κ3) is 2.99. The Bertz CT molecular complexity index is 402. The maximum Gasteiger partial charge on any atom is 0.246 e. The highest BCUT2D eigenvalue weighted by atomic mass is 16.1. The standard InChI is InChI=1S/C13H20N2O/c1-5-6-10(2)13(16)14-9-12-8-7-11(3)15(12)4/h6-8H,5,9H2,1-4H3,(H,14,16)/b10-6-. The fourth-order valence-corrected chi connectivity index (χ4v) is 1.55. The van der Waals surface area contributed by atoms with Crippen molar-refractivity contribution in [3.05, 3.63) is 35.2 Å². The molecule has 0 fully saturated rings. The number of carbonyl (C=O) groups excluding carboxylic acids is 1. The molecule has 1 N–H and O–H groups in total. The number of hydrogen-bond donors (Lipinski definition) is 1. The van der Waals surface area contributed by atoms with Gasteiger partial charge in [0.2, 0.25) is 5.91 Å². The van der Waals surface area contributed by atoms with Crippen LogP contribution in [-0.2, 0) is 18.4 Å². The van der Waals surface area contributed by atoms with Gasteiger partial charge in [-0.2, -0.15) is 0 Å². The minimum absolute atomic E-state index is 0.0145. The first-order valence-electron chi connectivity index (χ1n) is 5.62. The van der Waals surface area contributed by atoms with E-state index >= 15 is 0 Å². The average Bonchev–Trinajstić information content (AvgIpc) is 2.57. The summed E-state index contributed by atoms with van der Waals surface area (Å²) in [6.07, 6.45) is 2.83. The maximum atomic E-state index is 11.6. The van der Waals surface area contributed by atoms with Crippen LogP contribution in [0.1, 0.15) is 31.7 Å². The number of carbonyl (C=O) groups is 1. The van der Waals surface area contributed by atoms with Gasteiger partial charge in [-0.15, -0.1) is 0 Å². The molecule has 0 spiro atoms. The molecule has 0 aromatic carbocycles. The molecule has 0 aliphatic rings. The molecule has 3 nitrogen and oxygen atoms in total. The number of rotatable bonds is 4. The number of amides is 1. The van der Waals surface area contributed by atoms with Gasteiger partial charge < -0.3 is 9.88 Å². The maximum absolute atomic E-state index is 11.6. The van der Waals surface area contributed by atoms with Gasteiger partial charge in [-0.05, 0) is 32.4 Å². The lowest BCUT2D eigenvalue weighted by Gasteiger charge is -2.07. The summed E-state index contributed by atoms with van der Waals surface area (Å²) < 4.78 is 2.08. The van der Waals surface area contributed by atoms with Crippen LogP contribution in [0.2, 0.25) is 0 Å². The van der Waals surface area contributed by atoms with Crippen LogP contribution in [0.25, 0.3) is 0 Å². The predicted molar refractivity (Wildman–Crippen MR) is 66.0 cm³/mol. The molecule has 16 heavy (non-hydrogen) atoms. The van der Waals surface area contributed by atoms with Gasteiger partial charge in [0, 0.05) is 24.0 Å². The normalized spacial score (nSPS) is 11.6. The van der Waals surface area contributed by atoms with Crippen LogP contribution in [0.5, 0.6) is 0 Å². The van der Waals surface area contributed by atoms with Crippen LogP contribution in [0.3, 0.4) is 0 Å². The molecular weight excluding hydrogens is 200 g/mol. The summed E-state index contributed by atoms with van der Waals surface area (Å²) >= 11 is 0. The molecule has 0 bridgehead atoms. The molecule has 88 valence electrons. The number of hydrogen-bond acceptors (Lipinski definition) is 1. The molecule has 0 radical (unpaired) electrons. The molecule has 1 rings (SSSR count). The number of nitrogens with one attached hydrogen (secondary N) is 1. The van der Waals surface area contributed by atoms with Crippen LogP contribution < -0.4 is 5.32 Å². The Labute approximate surface area is 97.2 Å². The smallest absolute Gasteiger partial charge is 0.246 e. The van der Waals surface area contributed by atoms with Gasteiger partial charge in [-0.25, -0.2) is 0 Å². The molecular formula is C13H20N2O. The van der Waals surface area contributed by atoms with Crippen molar-refractivity contribution in [2.45, 2.75) is 33.7 Å². The Kier molecular flexibility index (Phi) is 4.35. The first-order valence-corrected chi connectivity index (χ1v) is 5.62. The Hall–Kier alpha value is -1.51. The van der Waals surface area contributed by atoms with Gasteiger partial charge >= 0.3 is 0 Å². The van der Waals surface area contributed by atoms with Gasteiger partial charge in [0.15, 0.2) is 0 Å². The number of nitrogens with zero attached hydrogens (tertiary/aromatic N) is 1. The summed E-state index contributed by atoms with van der Waals surface area (Å²) in [5, 5.41) is 2.91. The minimum atomic E-state index is 0.0145. The van der Waals surface area contributed by atoms with Crippen LogP contribution in [-0.4, -0.2) is 10.5 Å². The van der Waals surface area contributed by atoms with Crippen LogP contribution in [0, 0.1) is 6.92 Å². The summed E-state index contributed by atoms with van der Waals surface area (Å²) in [4.78, 5) is 11.6. The van der Waals surface area contributed by atoms with Crippen LogP contribution in [0.15, 0.2) is 23.8 Å². The Morgan fingerprint density at radius 2 is 2.19 bits per heavy atom. The highest BCUT2D eigenvalue weighted by molar-refractivity contribution is 5.92. The minimum Gasteiger partial charge on any atom is -0.350 e. The van der Waals surface area contributed by atoms with Gasteiger partial charge in [0.25, 0.3) is 0 Å². The Morgan fingerprint density at radius 1 is 1.50 bits per heavy atom. The second-order valence-corrected chi connectivity index (χ2v) is 4.00. The van der Waals surface area contributed by atoms with Crippen LogP contribution >= 0.6 is 0 Å². The van der Waals surface area contributed by atoms with E-state index in [4.69, 9.17) is 0 Å². The zero-order valence-electron chi connectivity index (χ0n) is 10.5. The second kappa shape index (κ2) is 5.54. The molecule has 1 heterocycles. The van der Waals surface area contributed by atoms with Crippen molar-refractivity contribution in [1.29, 1.82) is 0 Å². The third-order valence-corrected chi connectivity index (χ3v) is 2.78. The highest BCUT2D eigenvalue weighted by Gasteiger charge is 2.05. The number of aromatic nitrogens is 1. The molecule has 0 unspecified atom stereocenters. The molecule has 0 saturated carbocycles. The van der Waals surface area contributed by atoms with E-state index < -0.39 is 0 Å². The molecule has 3 heteroatoms. The summed E-state index contributed by atoms with van der Waals surface area (Å²) in [5.41, 5.74) is 3.11. The molecule has 0 aliphatic heterocycles. The predicted octanol–water partition coefficient (Wildman–Crippen LogP) is 2.31. The molecule has 1 amide bonds. The first-order chi connectivity index (χ1) is 7.56. The summed E-state index contributed by atoms with van der Waals surface area (Å²) in [6, 6.07) is 4.09. The van der Waals surface area contributed by atoms with E-state index in [1.54, 1.807) is 0 Å². The molecule has 1 aromatic heterocycles. The summed E-state index contributed by atoms with van der Waals surface area (Å²) in [5.74, 6) is 0.0145. The average molecular weight is 220 g/mol. The fourth-order valence-electron chi connectivity index (χ4n) is 1.55. The van der Waals surface area contributed by atoms with Gasteiger partial charge in [0.05, 0.1) is 6.54 Å². The molecule has 0 saturated heterocycles. The monoisotopic (exact) mass is 220 g/mol. The zero-order valence-corrected chi connectivity index (χ0v) is 10.5. The Morgan fingerprint density at radius 3 is 2.69 bits per heavy atom. The van der Waals surface area contributed by atoms with Crippen molar-refractivity contribution in [2.24, 2.45) is 7.05 Å². The molecule has 0 aliphatic carbocycles. The van der Waals surface area contributed by atoms with E-state index in [0.29, 0.717) is 6.54 Å². The van der Waals surface area contributed by atoms with Crippen LogP contribution in [0.4, 0.5) is 0 Å². The van der Waals surface area contributed by atoms with E-state index in [1.807, 2.05) is 40.0 Å². The second-order valence-electron chi connectivity index (χ2n) is 4.00. The van der Waals surface area contributed by atoms with Crippen molar-refractivity contribution >= 4 is 5.91 Å². The van der Waals surface area contributed by atoms with E-state index in [1.165, 1.54) is 5.69 Å². The van der Waals surface area contributed by atoms with Crippen molar-refractivity contribution in [1.82, 2.24) is 9.88 Å². The van der Waals surface area contributed by atoms with Crippen molar-refractivity contribution < 1.29 is 4.79 Å². The van der Waals surface area contributed by atoms with Crippen molar-refractivity contribution in [3.63, 3.8) is 0 Å². The van der Waals surface area contributed by atoms with E-state index in [0.717, 1.165) is 17.7 Å². The van der Waals surface area contributed by atoms with E-state index in [9.17, 15) is 4.79 Å². The van der Waals surface area contributed by atoms with E-state index in [-0.39, 0.29) is 5.91 Å². The molecule has 0 atom stereocenters. The summed E-state index contributed by atoms with van der Waals surface area (Å²) in [6.45, 7) is 6.50. The lowest BCUT2D eigenvalue weighted by atomic mass is 10.2. The quantitative estimate of drug-likeness (QED) is 0.776. The SMILES string of the molecule is CC/C=C(/C)C(=O)NCc1ccc(C)n1C.